The van der Waals surface area contributed by atoms with Crippen molar-refractivity contribution in [2.24, 2.45) is 0 Å². The second kappa shape index (κ2) is 7.02. The van der Waals surface area contributed by atoms with E-state index in [-0.39, 0.29) is 12.1 Å². The predicted molar refractivity (Wildman–Crippen MR) is 75.5 cm³/mol. The summed E-state index contributed by atoms with van der Waals surface area (Å²) in [5.41, 5.74) is 0. The van der Waals surface area contributed by atoms with Crippen LogP contribution in [-0.4, -0.2) is 38.2 Å². The van der Waals surface area contributed by atoms with E-state index >= 15 is 0 Å². The highest BCUT2D eigenvalue weighted by Crippen LogP contribution is 2.35. The first-order chi connectivity index (χ1) is 8.85. The van der Waals surface area contributed by atoms with Crippen LogP contribution in [0.25, 0.3) is 0 Å². The molecule has 18 heavy (non-hydrogen) atoms. The number of hydrogen-bond donors (Lipinski definition) is 1. The first-order valence-electron chi connectivity index (χ1n) is 6.46. The third-order valence-electron chi connectivity index (χ3n) is 2.98. The summed E-state index contributed by atoms with van der Waals surface area (Å²) < 4.78 is 11.4. The highest BCUT2D eigenvalue weighted by atomic mass is 32.2. The molecule has 3 nitrogen and oxygen atoms in total. The summed E-state index contributed by atoms with van der Waals surface area (Å²) in [7, 11) is 1.74. The fourth-order valence-electron chi connectivity index (χ4n) is 2.04. The van der Waals surface area contributed by atoms with Gasteiger partial charge in [-0.3, -0.25) is 0 Å². The zero-order chi connectivity index (χ0) is 12.8. The van der Waals surface area contributed by atoms with E-state index in [0.717, 1.165) is 24.5 Å². The summed E-state index contributed by atoms with van der Waals surface area (Å²) in [4.78, 5) is 1.24. The normalized spacial score (nSPS) is 20.0. The molecule has 0 spiro atoms. The molecule has 2 atom stereocenters. The predicted octanol–water partition coefficient (Wildman–Crippen LogP) is 2.55. The van der Waals surface area contributed by atoms with E-state index in [4.69, 9.17) is 9.47 Å². The van der Waals surface area contributed by atoms with Crippen LogP contribution in [0.5, 0.6) is 5.75 Å². The van der Waals surface area contributed by atoms with Crippen molar-refractivity contribution in [2.75, 3.05) is 26.0 Å². The van der Waals surface area contributed by atoms with Crippen LogP contribution in [0.1, 0.15) is 13.3 Å². The summed E-state index contributed by atoms with van der Waals surface area (Å²) in [5, 5.41) is 3.51. The lowest BCUT2D eigenvalue weighted by atomic mass is 10.2. The molecule has 1 aliphatic heterocycles. The van der Waals surface area contributed by atoms with Gasteiger partial charge in [-0.2, -0.15) is 0 Å². The maximum atomic E-state index is 6.08. The molecule has 1 N–H and O–H groups in total. The number of benzene rings is 1. The average molecular weight is 267 g/mol. The third kappa shape index (κ3) is 3.40. The minimum absolute atomic E-state index is 0.177. The number of para-hydroxylation sites is 1. The maximum absolute atomic E-state index is 6.08. The second-order valence-corrected chi connectivity index (χ2v) is 5.49. The Kier molecular flexibility index (Phi) is 5.35. The molecule has 0 aromatic heterocycles. The Morgan fingerprint density at radius 1 is 1.50 bits per heavy atom. The second-order valence-electron chi connectivity index (χ2n) is 4.43. The van der Waals surface area contributed by atoms with Gasteiger partial charge in [0.05, 0.1) is 12.6 Å². The van der Waals surface area contributed by atoms with Gasteiger partial charge in [0.15, 0.2) is 0 Å². The molecule has 0 saturated heterocycles. The first kappa shape index (κ1) is 13.7. The van der Waals surface area contributed by atoms with Gasteiger partial charge in [-0.15, -0.1) is 11.8 Å². The van der Waals surface area contributed by atoms with Crippen molar-refractivity contribution in [2.45, 2.75) is 30.4 Å². The number of rotatable bonds is 6. The summed E-state index contributed by atoms with van der Waals surface area (Å²) in [6.45, 7) is 3.86. The maximum Gasteiger partial charge on any atom is 0.133 e. The van der Waals surface area contributed by atoms with Crippen LogP contribution in [0.15, 0.2) is 29.2 Å². The smallest absolute Gasteiger partial charge is 0.133 e. The van der Waals surface area contributed by atoms with Crippen molar-refractivity contribution in [3.8, 4) is 5.75 Å². The molecule has 0 fully saturated rings. The molecule has 1 aromatic rings. The van der Waals surface area contributed by atoms with Crippen LogP contribution in [-0.2, 0) is 4.74 Å². The van der Waals surface area contributed by atoms with Gasteiger partial charge in [0.25, 0.3) is 0 Å². The topological polar surface area (TPSA) is 30.5 Å². The molecule has 2 unspecified atom stereocenters. The SMILES string of the molecule is CCCNC(COC)C1CSc2ccccc2O1. The summed E-state index contributed by atoms with van der Waals surface area (Å²) in [5.74, 6) is 1.97. The molecule has 1 heterocycles. The largest absolute Gasteiger partial charge is 0.487 e. The molecule has 1 aromatic carbocycles. The van der Waals surface area contributed by atoms with Crippen LogP contribution < -0.4 is 10.1 Å². The molecule has 0 saturated carbocycles. The van der Waals surface area contributed by atoms with Crippen molar-refractivity contribution >= 4 is 11.8 Å². The Hall–Kier alpha value is -0.710. The molecular weight excluding hydrogens is 246 g/mol. The van der Waals surface area contributed by atoms with Crippen LogP contribution >= 0.6 is 11.8 Å². The number of methoxy groups -OCH3 is 1. The van der Waals surface area contributed by atoms with E-state index < -0.39 is 0 Å². The zero-order valence-corrected chi connectivity index (χ0v) is 11.8. The Balaban J connectivity index is 2.00. The molecule has 0 aliphatic carbocycles. The lowest BCUT2D eigenvalue weighted by molar-refractivity contribution is 0.0934. The minimum atomic E-state index is 0.177. The van der Waals surface area contributed by atoms with Crippen LogP contribution in [0.2, 0.25) is 0 Å². The number of nitrogens with one attached hydrogen (secondary N) is 1. The molecule has 1 aliphatic rings. The van der Waals surface area contributed by atoms with E-state index in [1.165, 1.54) is 4.90 Å². The first-order valence-corrected chi connectivity index (χ1v) is 7.44. The van der Waals surface area contributed by atoms with Gasteiger partial charge in [-0.1, -0.05) is 19.1 Å². The molecule has 100 valence electrons. The molecule has 2 rings (SSSR count). The highest BCUT2D eigenvalue weighted by molar-refractivity contribution is 7.99. The van der Waals surface area contributed by atoms with E-state index in [1.807, 2.05) is 23.9 Å². The van der Waals surface area contributed by atoms with Crippen LogP contribution in [0.4, 0.5) is 0 Å². The quantitative estimate of drug-likeness (QED) is 0.858. The fraction of sp³-hybridized carbons (Fsp3) is 0.571. The average Bonchev–Trinajstić information content (AvgIpc) is 2.43. The Morgan fingerprint density at radius 3 is 3.11 bits per heavy atom. The van der Waals surface area contributed by atoms with Gasteiger partial charge >= 0.3 is 0 Å². The zero-order valence-electron chi connectivity index (χ0n) is 11.0. The summed E-state index contributed by atoms with van der Waals surface area (Å²) in [6, 6.07) is 8.49. The lowest BCUT2D eigenvalue weighted by Gasteiger charge is -2.32. The molecule has 0 amide bonds. The lowest BCUT2D eigenvalue weighted by Crippen LogP contribution is -2.48. The number of hydrogen-bond acceptors (Lipinski definition) is 4. The van der Waals surface area contributed by atoms with E-state index in [2.05, 4.69) is 24.4 Å². The van der Waals surface area contributed by atoms with E-state index in [9.17, 15) is 0 Å². The standard InChI is InChI=1S/C14H21NO2S/c1-3-8-15-11(9-16-2)13-10-18-14-7-5-4-6-12(14)17-13/h4-7,11,13,15H,3,8-10H2,1-2H3. The van der Waals surface area contributed by atoms with Crippen molar-refractivity contribution < 1.29 is 9.47 Å². The van der Waals surface area contributed by atoms with Gasteiger partial charge in [0.2, 0.25) is 0 Å². The molecule has 0 bridgehead atoms. The summed E-state index contributed by atoms with van der Waals surface area (Å²) in [6.07, 6.45) is 1.30. The number of ether oxygens (including phenoxy) is 2. The summed E-state index contributed by atoms with van der Waals surface area (Å²) >= 11 is 1.86. The van der Waals surface area contributed by atoms with Crippen LogP contribution in [0, 0.1) is 0 Å². The van der Waals surface area contributed by atoms with Gasteiger partial charge in [0.1, 0.15) is 11.9 Å². The molecule has 4 heteroatoms. The fourth-order valence-corrected chi connectivity index (χ4v) is 3.12. The van der Waals surface area contributed by atoms with E-state index in [0.29, 0.717) is 6.61 Å². The monoisotopic (exact) mass is 267 g/mol. The van der Waals surface area contributed by atoms with E-state index in [1.54, 1.807) is 7.11 Å². The van der Waals surface area contributed by atoms with Gasteiger partial charge < -0.3 is 14.8 Å². The van der Waals surface area contributed by atoms with Crippen LogP contribution in [0.3, 0.4) is 0 Å². The minimum Gasteiger partial charge on any atom is -0.487 e. The third-order valence-corrected chi connectivity index (χ3v) is 4.13. The highest BCUT2D eigenvalue weighted by Gasteiger charge is 2.27. The van der Waals surface area contributed by atoms with Crippen molar-refractivity contribution in [1.29, 1.82) is 0 Å². The van der Waals surface area contributed by atoms with Gasteiger partial charge in [-0.05, 0) is 25.1 Å². The van der Waals surface area contributed by atoms with Crippen molar-refractivity contribution in [3.05, 3.63) is 24.3 Å². The van der Waals surface area contributed by atoms with Gasteiger partial charge in [-0.25, -0.2) is 0 Å². The Bertz CT molecular complexity index is 373. The molecule has 0 radical (unpaired) electrons. The number of fused-ring (bicyclic) bond motifs is 1. The Labute approximate surface area is 113 Å². The van der Waals surface area contributed by atoms with Crippen molar-refractivity contribution in [1.82, 2.24) is 5.32 Å². The van der Waals surface area contributed by atoms with Crippen molar-refractivity contribution in [3.63, 3.8) is 0 Å². The van der Waals surface area contributed by atoms with Gasteiger partial charge in [0, 0.05) is 17.8 Å². The number of thioether (sulfide) groups is 1. The Morgan fingerprint density at radius 2 is 2.33 bits per heavy atom. The molecular formula is C14H21NO2S.